The van der Waals surface area contributed by atoms with E-state index in [1.807, 2.05) is 31.4 Å². The van der Waals surface area contributed by atoms with Crippen molar-refractivity contribution in [2.24, 2.45) is 11.1 Å². The van der Waals surface area contributed by atoms with Crippen molar-refractivity contribution >= 4 is 28.9 Å². The summed E-state index contributed by atoms with van der Waals surface area (Å²) in [7, 11) is 0. The Hall–Kier alpha value is -2.74. The van der Waals surface area contributed by atoms with Gasteiger partial charge in [-0.25, -0.2) is 4.39 Å². The number of thiophene rings is 1. The summed E-state index contributed by atoms with van der Waals surface area (Å²) in [6.45, 7) is 4.45. The Labute approximate surface area is 178 Å². The van der Waals surface area contributed by atoms with Crippen LogP contribution in [0.15, 0.2) is 46.9 Å². The maximum atomic E-state index is 13.4. The van der Waals surface area contributed by atoms with Crippen molar-refractivity contribution in [1.29, 1.82) is 0 Å². The lowest BCUT2D eigenvalue weighted by Crippen LogP contribution is -2.59. The minimum atomic E-state index is -0.540. The first-order chi connectivity index (χ1) is 14.4. The summed E-state index contributed by atoms with van der Waals surface area (Å²) in [6, 6.07) is 9.09. The van der Waals surface area contributed by atoms with E-state index in [1.165, 1.54) is 12.1 Å². The van der Waals surface area contributed by atoms with Crippen LogP contribution in [0.4, 0.5) is 4.39 Å². The number of nitrogens with one attached hydrogen (secondary N) is 1. The van der Waals surface area contributed by atoms with Gasteiger partial charge in [0.15, 0.2) is 6.10 Å². The summed E-state index contributed by atoms with van der Waals surface area (Å²) in [5.74, 6) is -0.495. The number of hydrogen-bond acceptors (Lipinski definition) is 5. The first kappa shape index (κ1) is 20.5. The zero-order valence-corrected chi connectivity index (χ0v) is 17.7. The predicted octanol–water partition coefficient (Wildman–Crippen LogP) is 3.82. The van der Waals surface area contributed by atoms with E-state index in [2.05, 4.69) is 10.5 Å². The summed E-state index contributed by atoms with van der Waals surface area (Å²) >= 11 is 1.55. The fourth-order valence-corrected chi connectivity index (χ4v) is 4.63. The quantitative estimate of drug-likeness (QED) is 0.786. The molecule has 0 bridgehead atoms. The summed E-state index contributed by atoms with van der Waals surface area (Å²) in [6.07, 6.45) is 0.435. The summed E-state index contributed by atoms with van der Waals surface area (Å²) in [5, 5.41) is 9.04. The predicted molar refractivity (Wildman–Crippen MR) is 112 cm³/mol. The van der Waals surface area contributed by atoms with Gasteiger partial charge in [0.1, 0.15) is 17.6 Å². The second-order valence-corrected chi connectivity index (χ2v) is 9.05. The molecule has 0 spiro atoms. The van der Waals surface area contributed by atoms with Gasteiger partial charge < -0.3 is 15.1 Å². The molecule has 4 rings (SSSR count). The smallest absolute Gasteiger partial charge is 0.272 e. The molecular formula is C22H24FN3O3S. The zero-order valence-electron chi connectivity index (χ0n) is 16.9. The fraction of sp³-hybridized carbons (Fsp3) is 0.409. The molecule has 158 valence electrons. The van der Waals surface area contributed by atoms with Crippen LogP contribution >= 0.6 is 11.3 Å². The number of piperazine rings is 1. The van der Waals surface area contributed by atoms with Gasteiger partial charge in [0, 0.05) is 17.8 Å². The van der Waals surface area contributed by atoms with E-state index in [-0.39, 0.29) is 35.3 Å². The molecule has 1 aromatic heterocycles. The van der Waals surface area contributed by atoms with Crippen molar-refractivity contribution in [3.05, 3.63) is 58.0 Å². The molecule has 2 aliphatic rings. The van der Waals surface area contributed by atoms with E-state index in [1.54, 1.807) is 28.4 Å². The summed E-state index contributed by atoms with van der Waals surface area (Å²) < 4.78 is 13.2. The minimum absolute atomic E-state index is 0.142. The van der Waals surface area contributed by atoms with Crippen molar-refractivity contribution in [2.75, 3.05) is 6.54 Å². The molecule has 2 amide bonds. The van der Waals surface area contributed by atoms with Gasteiger partial charge >= 0.3 is 0 Å². The van der Waals surface area contributed by atoms with Crippen molar-refractivity contribution in [3.63, 3.8) is 0 Å². The third kappa shape index (κ3) is 4.23. The van der Waals surface area contributed by atoms with Crippen LogP contribution in [0.1, 0.15) is 49.3 Å². The van der Waals surface area contributed by atoms with E-state index in [0.717, 1.165) is 10.4 Å². The Bertz CT molecular complexity index is 943. The molecule has 30 heavy (non-hydrogen) atoms. The number of rotatable bonds is 5. The van der Waals surface area contributed by atoms with E-state index < -0.39 is 12.1 Å². The Balaban J connectivity index is 1.53. The van der Waals surface area contributed by atoms with E-state index >= 15 is 0 Å². The molecule has 0 saturated carbocycles. The number of hydrogen-bond donors (Lipinski definition) is 1. The molecule has 0 aliphatic carbocycles. The van der Waals surface area contributed by atoms with Gasteiger partial charge in [-0.15, -0.1) is 11.3 Å². The average molecular weight is 430 g/mol. The molecule has 1 aromatic carbocycles. The highest BCUT2D eigenvalue weighted by Gasteiger charge is 2.41. The van der Waals surface area contributed by atoms with Crippen LogP contribution in [0.25, 0.3) is 0 Å². The lowest BCUT2D eigenvalue weighted by molar-refractivity contribution is -0.141. The molecule has 1 saturated heterocycles. The van der Waals surface area contributed by atoms with Crippen LogP contribution in [0.2, 0.25) is 0 Å². The van der Waals surface area contributed by atoms with Crippen molar-refractivity contribution < 1.29 is 18.8 Å². The van der Waals surface area contributed by atoms with Gasteiger partial charge in [-0.2, -0.15) is 0 Å². The van der Waals surface area contributed by atoms with Crippen molar-refractivity contribution in [1.82, 2.24) is 10.2 Å². The highest BCUT2D eigenvalue weighted by Crippen LogP contribution is 2.31. The molecule has 2 aliphatic heterocycles. The van der Waals surface area contributed by atoms with Gasteiger partial charge in [-0.3, -0.25) is 9.59 Å². The monoisotopic (exact) mass is 429 g/mol. The van der Waals surface area contributed by atoms with Crippen LogP contribution < -0.4 is 5.32 Å². The van der Waals surface area contributed by atoms with Gasteiger partial charge in [-0.05, 0) is 41.5 Å². The standard InChI is InChI=1S/C22H24FN3O3S/c1-13(2)10-18-21(27)24-17(20-4-3-9-30-20)12-26(18)22(28)16-11-19(29-25-16)14-5-7-15(23)8-6-14/h3-9,13,17-19H,10-12H2,1-2H3,(H,24,27)/t17-,18+,19?/m1/s1. The normalized spacial score (nSPS) is 23.9. The molecule has 1 N–H and O–H groups in total. The second-order valence-electron chi connectivity index (χ2n) is 8.07. The molecule has 3 heterocycles. The van der Waals surface area contributed by atoms with Crippen LogP contribution in [0.3, 0.4) is 0 Å². The highest BCUT2D eigenvalue weighted by molar-refractivity contribution is 7.10. The van der Waals surface area contributed by atoms with Crippen LogP contribution in [-0.2, 0) is 14.4 Å². The first-order valence-electron chi connectivity index (χ1n) is 10.0. The Morgan fingerprint density at radius 1 is 1.33 bits per heavy atom. The van der Waals surface area contributed by atoms with E-state index in [0.29, 0.717) is 19.4 Å². The maximum absolute atomic E-state index is 13.4. The number of halogens is 1. The highest BCUT2D eigenvalue weighted by atomic mass is 32.1. The molecule has 0 radical (unpaired) electrons. The molecule has 6 nitrogen and oxygen atoms in total. The molecule has 8 heteroatoms. The van der Waals surface area contributed by atoms with Gasteiger partial charge in [-0.1, -0.05) is 37.2 Å². The maximum Gasteiger partial charge on any atom is 0.272 e. The average Bonchev–Trinajstić information content (AvgIpc) is 3.41. The first-order valence-corrected chi connectivity index (χ1v) is 10.9. The van der Waals surface area contributed by atoms with Crippen LogP contribution in [-0.4, -0.2) is 35.0 Å². The van der Waals surface area contributed by atoms with Crippen LogP contribution in [0, 0.1) is 11.7 Å². The number of carbonyl (C=O) groups is 2. The number of carbonyl (C=O) groups excluding carboxylic acids is 2. The lowest BCUT2D eigenvalue weighted by Gasteiger charge is -2.39. The Morgan fingerprint density at radius 2 is 2.10 bits per heavy atom. The Morgan fingerprint density at radius 3 is 2.77 bits per heavy atom. The van der Waals surface area contributed by atoms with Gasteiger partial charge in [0.25, 0.3) is 5.91 Å². The van der Waals surface area contributed by atoms with Crippen molar-refractivity contribution in [2.45, 2.75) is 44.9 Å². The zero-order chi connectivity index (χ0) is 21.3. The largest absolute Gasteiger partial charge is 0.387 e. The third-order valence-corrected chi connectivity index (χ3v) is 6.36. The fourth-order valence-electron chi connectivity index (χ4n) is 3.86. The SMILES string of the molecule is CC(C)C[C@H]1C(=O)N[C@@H](c2cccs2)CN1C(=O)C1=NOC(c2ccc(F)cc2)C1. The van der Waals surface area contributed by atoms with Gasteiger partial charge in [0.2, 0.25) is 5.91 Å². The molecular weight excluding hydrogens is 405 g/mol. The lowest BCUT2D eigenvalue weighted by atomic mass is 9.96. The molecule has 3 atom stereocenters. The number of amides is 2. The summed E-state index contributed by atoms with van der Waals surface area (Å²) in [5.41, 5.74) is 1.05. The number of benzene rings is 1. The Kier molecular flexibility index (Phi) is 5.85. The second kappa shape index (κ2) is 8.55. The number of oxime groups is 1. The molecule has 1 fully saturated rings. The minimum Gasteiger partial charge on any atom is -0.387 e. The van der Waals surface area contributed by atoms with Gasteiger partial charge in [0.05, 0.1) is 6.04 Å². The number of nitrogens with zero attached hydrogens (tertiary/aromatic N) is 2. The molecule has 2 aromatic rings. The summed E-state index contributed by atoms with van der Waals surface area (Å²) in [4.78, 5) is 34.4. The van der Waals surface area contributed by atoms with Crippen LogP contribution in [0.5, 0.6) is 0 Å². The third-order valence-electron chi connectivity index (χ3n) is 5.37. The molecule has 1 unspecified atom stereocenters. The van der Waals surface area contributed by atoms with E-state index in [4.69, 9.17) is 4.84 Å². The van der Waals surface area contributed by atoms with E-state index in [9.17, 15) is 14.0 Å². The van der Waals surface area contributed by atoms with Crippen molar-refractivity contribution in [3.8, 4) is 0 Å². The topological polar surface area (TPSA) is 71.0 Å².